The zero-order valence-electron chi connectivity index (χ0n) is 21.8. The monoisotopic (exact) mass is 547 g/mol. The van der Waals surface area contributed by atoms with Gasteiger partial charge >= 0.3 is 18.4 Å². The highest BCUT2D eigenvalue weighted by Gasteiger charge is 2.38. The molecular weight excluding hydrogens is 515 g/mol. The van der Waals surface area contributed by atoms with E-state index in [9.17, 15) is 35.5 Å². The summed E-state index contributed by atoms with van der Waals surface area (Å²) in [7, 11) is 1.35. The molecule has 2 aromatic rings. The molecule has 0 saturated carbocycles. The number of amides is 2. The van der Waals surface area contributed by atoms with Gasteiger partial charge in [-0.2, -0.15) is 26.3 Å². The maximum absolute atomic E-state index is 13.8. The molecule has 2 aromatic carbocycles. The molecule has 1 aliphatic rings. The summed E-state index contributed by atoms with van der Waals surface area (Å²) in [6, 6.07) is 4.85. The van der Waals surface area contributed by atoms with Gasteiger partial charge in [0.1, 0.15) is 5.82 Å². The smallest absolute Gasteiger partial charge is 0.323 e. The summed E-state index contributed by atoms with van der Waals surface area (Å²) in [4.78, 5) is 18.5. The molecule has 2 amide bonds. The Bertz CT molecular complexity index is 1100. The Labute approximate surface area is 218 Å². The number of carbonyl (C=O) groups excluding carboxylic acids is 1. The second-order valence-electron chi connectivity index (χ2n) is 9.66. The van der Waals surface area contributed by atoms with Gasteiger partial charge < -0.3 is 14.7 Å². The van der Waals surface area contributed by atoms with Crippen molar-refractivity contribution in [3.63, 3.8) is 0 Å². The number of benzene rings is 2. The van der Waals surface area contributed by atoms with Crippen LogP contribution in [0.15, 0.2) is 36.4 Å². The number of alkyl halides is 6. The van der Waals surface area contributed by atoms with E-state index in [2.05, 4.69) is 4.90 Å². The van der Waals surface area contributed by atoms with E-state index >= 15 is 0 Å². The molecule has 210 valence electrons. The van der Waals surface area contributed by atoms with Crippen LogP contribution in [-0.2, 0) is 18.9 Å². The average Bonchev–Trinajstić information content (AvgIpc) is 2.83. The van der Waals surface area contributed by atoms with Crippen molar-refractivity contribution in [1.29, 1.82) is 0 Å². The molecule has 0 spiro atoms. The molecule has 1 aliphatic heterocycles. The van der Waals surface area contributed by atoms with Gasteiger partial charge in [-0.1, -0.05) is 19.9 Å². The van der Waals surface area contributed by atoms with Crippen LogP contribution in [0.2, 0.25) is 0 Å². The van der Waals surface area contributed by atoms with Crippen LogP contribution in [0.1, 0.15) is 60.5 Å². The third kappa shape index (κ3) is 6.78. The second kappa shape index (κ2) is 11.5. The maximum atomic E-state index is 13.8. The molecule has 2 atom stereocenters. The van der Waals surface area contributed by atoms with Crippen LogP contribution in [0.5, 0.6) is 0 Å². The molecular formula is C27H32F7N3O. The van der Waals surface area contributed by atoms with Crippen molar-refractivity contribution in [2.24, 2.45) is 0 Å². The van der Waals surface area contributed by atoms with Crippen molar-refractivity contribution >= 4 is 6.03 Å². The fourth-order valence-electron chi connectivity index (χ4n) is 5.23. The Kier molecular flexibility index (Phi) is 9.00. The molecule has 0 unspecified atom stereocenters. The summed E-state index contributed by atoms with van der Waals surface area (Å²) >= 11 is 0. The predicted octanol–water partition coefficient (Wildman–Crippen LogP) is 7.27. The number of nitrogens with zero attached hydrogens (tertiary/aromatic N) is 3. The van der Waals surface area contributed by atoms with E-state index in [1.165, 1.54) is 19.2 Å². The first kappa shape index (κ1) is 29.7. The number of hydrogen-bond donors (Lipinski definition) is 0. The molecule has 0 bridgehead atoms. The van der Waals surface area contributed by atoms with E-state index in [1.807, 2.05) is 13.8 Å². The van der Waals surface area contributed by atoms with Crippen LogP contribution in [0.3, 0.4) is 0 Å². The van der Waals surface area contributed by atoms with Gasteiger partial charge in [0.25, 0.3) is 0 Å². The topological polar surface area (TPSA) is 26.8 Å². The van der Waals surface area contributed by atoms with Gasteiger partial charge in [0, 0.05) is 26.2 Å². The molecule has 1 heterocycles. The third-order valence-electron chi connectivity index (χ3n) is 7.13. The normalized spacial score (nSPS) is 18.7. The number of urea groups is 1. The molecule has 0 radical (unpaired) electrons. The highest BCUT2D eigenvalue weighted by molar-refractivity contribution is 5.75. The van der Waals surface area contributed by atoms with E-state index in [-0.39, 0.29) is 17.7 Å². The standard InChI is InChI=1S/C27H32F7N3O/c1-5-36(6-2)22-9-10-37(24(15-22)23-8-7-21(28)11-17(23)3)25(38)35(4)16-18-12-19(26(29,30)31)14-20(13-18)27(32,33)34/h7-8,11-14,22,24H,5-6,9-10,15-16H2,1-4H3/t22-,24+/m0/s1. The van der Waals surface area contributed by atoms with Crippen molar-refractivity contribution in [3.8, 4) is 0 Å². The molecule has 1 saturated heterocycles. The van der Waals surface area contributed by atoms with E-state index in [0.717, 1.165) is 23.6 Å². The lowest BCUT2D eigenvalue weighted by Gasteiger charge is -2.44. The lowest BCUT2D eigenvalue weighted by atomic mass is 9.88. The van der Waals surface area contributed by atoms with Gasteiger partial charge in [-0.25, -0.2) is 9.18 Å². The van der Waals surface area contributed by atoms with Crippen molar-refractivity contribution in [2.75, 3.05) is 26.7 Å². The summed E-state index contributed by atoms with van der Waals surface area (Å²) in [5.74, 6) is -0.414. The van der Waals surface area contributed by atoms with Crippen LogP contribution < -0.4 is 0 Å². The SMILES string of the molecule is CCN(CC)[C@H]1CCN(C(=O)N(C)Cc2cc(C(F)(F)F)cc(C(F)(F)F)c2)[C@@H](c2ccc(F)cc2C)C1. The summed E-state index contributed by atoms with van der Waals surface area (Å²) in [5.41, 5.74) is -1.73. The van der Waals surface area contributed by atoms with E-state index in [4.69, 9.17) is 0 Å². The predicted molar refractivity (Wildman–Crippen MR) is 130 cm³/mol. The summed E-state index contributed by atoms with van der Waals surface area (Å²) in [6.45, 7) is 7.32. The van der Waals surface area contributed by atoms with Gasteiger partial charge in [0.05, 0.1) is 17.2 Å². The molecule has 11 heteroatoms. The second-order valence-corrected chi connectivity index (χ2v) is 9.66. The number of carbonyl (C=O) groups is 1. The largest absolute Gasteiger partial charge is 0.416 e. The van der Waals surface area contributed by atoms with E-state index < -0.39 is 47.9 Å². The minimum Gasteiger partial charge on any atom is -0.323 e. The first-order valence-electron chi connectivity index (χ1n) is 12.5. The third-order valence-corrected chi connectivity index (χ3v) is 7.13. The fourth-order valence-corrected chi connectivity index (χ4v) is 5.23. The van der Waals surface area contributed by atoms with E-state index in [1.54, 1.807) is 17.9 Å². The average molecular weight is 548 g/mol. The first-order valence-corrected chi connectivity index (χ1v) is 12.5. The number of halogens is 7. The zero-order chi connectivity index (χ0) is 28.4. The Morgan fingerprint density at radius 2 is 1.55 bits per heavy atom. The summed E-state index contributed by atoms with van der Waals surface area (Å²) in [5, 5.41) is 0. The van der Waals surface area contributed by atoms with Gasteiger partial charge in [0.15, 0.2) is 0 Å². The minimum atomic E-state index is -4.98. The molecule has 0 aliphatic carbocycles. The van der Waals surface area contributed by atoms with Crippen LogP contribution in [0.25, 0.3) is 0 Å². The van der Waals surface area contributed by atoms with Crippen molar-refractivity contribution in [3.05, 3.63) is 70.0 Å². The molecule has 1 fully saturated rings. The molecule has 38 heavy (non-hydrogen) atoms. The lowest BCUT2D eigenvalue weighted by Crippen LogP contribution is -2.51. The number of rotatable bonds is 6. The number of aryl methyl sites for hydroxylation is 1. The van der Waals surface area contributed by atoms with Crippen LogP contribution in [0.4, 0.5) is 35.5 Å². The van der Waals surface area contributed by atoms with Crippen molar-refractivity contribution in [1.82, 2.24) is 14.7 Å². The Hall–Kier alpha value is -2.82. The maximum Gasteiger partial charge on any atom is 0.416 e. The minimum absolute atomic E-state index is 0.0661. The Balaban J connectivity index is 1.92. The summed E-state index contributed by atoms with van der Waals surface area (Å²) in [6.07, 6.45) is -8.73. The molecule has 0 N–H and O–H groups in total. The highest BCUT2D eigenvalue weighted by Crippen LogP contribution is 2.38. The first-order chi connectivity index (χ1) is 17.6. The van der Waals surface area contributed by atoms with Gasteiger partial charge in [-0.3, -0.25) is 0 Å². The van der Waals surface area contributed by atoms with Gasteiger partial charge in [0.2, 0.25) is 0 Å². The molecule has 3 rings (SSSR count). The highest BCUT2D eigenvalue weighted by atomic mass is 19.4. The summed E-state index contributed by atoms with van der Waals surface area (Å²) < 4.78 is 93.6. The van der Waals surface area contributed by atoms with Gasteiger partial charge in [-0.15, -0.1) is 0 Å². The van der Waals surface area contributed by atoms with Crippen LogP contribution in [0, 0.1) is 12.7 Å². The van der Waals surface area contributed by atoms with Crippen molar-refractivity contribution in [2.45, 2.75) is 64.6 Å². The van der Waals surface area contributed by atoms with Crippen LogP contribution >= 0.6 is 0 Å². The fraction of sp³-hybridized carbons (Fsp3) is 0.519. The lowest BCUT2D eigenvalue weighted by molar-refractivity contribution is -0.143. The number of hydrogen-bond acceptors (Lipinski definition) is 2. The zero-order valence-corrected chi connectivity index (χ0v) is 21.8. The van der Waals surface area contributed by atoms with E-state index in [0.29, 0.717) is 37.1 Å². The Morgan fingerprint density at radius 1 is 0.974 bits per heavy atom. The molecule has 4 nitrogen and oxygen atoms in total. The number of likely N-dealkylation sites (tertiary alicyclic amines) is 1. The van der Waals surface area contributed by atoms with Gasteiger partial charge in [-0.05, 0) is 79.9 Å². The van der Waals surface area contributed by atoms with Crippen molar-refractivity contribution < 1.29 is 35.5 Å². The number of piperidine rings is 1. The molecule has 0 aromatic heterocycles. The Morgan fingerprint density at radius 3 is 2.05 bits per heavy atom. The van der Waals surface area contributed by atoms with Crippen LogP contribution in [-0.4, -0.2) is 53.5 Å². The quantitative estimate of drug-likeness (QED) is 0.356.